The fourth-order valence-corrected chi connectivity index (χ4v) is 6.25. The third kappa shape index (κ3) is 6.18. The van der Waals surface area contributed by atoms with Crippen molar-refractivity contribution in [1.29, 1.82) is 0 Å². The molecule has 3 aromatic rings. The van der Waals surface area contributed by atoms with E-state index in [2.05, 4.69) is 9.71 Å². The molecule has 0 spiro atoms. The lowest BCUT2D eigenvalue weighted by molar-refractivity contribution is 0.0937. The number of nitrogens with one attached hydrogen (secondary N) is 2. The molecule has 0 fully saturated rings. The number of methoxy groups -OCH3 is 1. The fraction of sp³-hybridized carbons (Fsp3) is 0.367. The zero-order valence-electron chi connectivity index (χ0n) is 23.8. The third-order valence-electron chi connectivity index (χ3n) is 6.72. The van der Waals surface area contributed by atoms with Crippen molar-refractivity contribution in [3.63, 3.8) is 0 Å². The highest BCUT2D eigenvalue weighted by atomic mass is 32.2. The molecule has 212 valence electrons. The molecule has 0 amide bonds. The first-order chi connectivity index (χ1) is 18.5. The predicted molar refractivity (Wildman–Crippen MR) is 157 cm³/mol. The number of carbonyl (C=O) groups is 1. The van der Waals surface area contributed by atoms with Gasteiger partial charge in [-0.2, -0.15) is 0 Å². The van der Waals surface area contributed by atoms with Crippen molar-refractivity contribution in [3.05, 3.63) is 86.2 Å². The molecule has 2 aromatic carbocycles. The van der Waals surface area contributed by atoms with Gasteiger partial charge in [0.1, 0.15) is 5.75 Å². The summed E-state index contributed by atoms with van der Waals surface area (Å²) >= 11 is 0. The van der Waals surface area contributed by atoms with Crippen molar-refractivity contribution in [2.24, 2.45) is 5.41 Å². The van der Waals surface area contributed by atoms with E-state index in [0.717, 1.165) is 28.5 Å². The molecule has 0 saturated heterocycles. The number of hydrogen-bond acceptors (Lipinski definition) is 6. The molecule has 1 aromatic heterocycles. The summed E-state index contributed by atoms with van der Waals surface area (Å²) < 4.78 is 33.7. The molecule has 0 aliphatic heterocycles. The molecule has 0 bridgehead atoms. The van der Waals surface area contributed by atoms with Crippen LogP contribution in [0.25, 0.3) is 22.4 Å². The van der Waals surface area contributed by atoms with Gasteiger partial charge in [0.2, 0.25) is 10.0 Å². The number of H-pyrrole nitrogens is 1. The van der Waals surface area contributed by atoms with Crippen molar-refractivity contribution in [3.8, 4) is 22.6 Å². The van der Waals surface area contributed by atoms with E-state index in [0.29, 0.717) is 29.0 Å². The molecule has 4 rings (SSSR count). The SMILES string of the molecule is COc1c(C(=O)CC(C)(C)C)cc(-n2ccc(=O)[nH]c2=O)cc1-c1ccc2c(c1)CC=C2C(C)(C)NS(C)(=O)=O. The Bertz CT molecular complexity index is 1760. The Labute approximate surface area is 234 Å². The van der Waals surface area contributed by atoms with Crippen molar-refractivity contribution < 1.29 is 17.9 Å². The van der Waals surface area contributed by atoms with Crippen molar-refractivity contribution in [1.82, 2.24) is 14.3 Å². The molecule has 0 saturated carbocycles. The number of Topliss-reactive ketones (excluding diaryl/α,β-unsaturated/α-hetero) is 1. The summed E-state index contributed by atoms with van der Waals surface area (Å²) in [6, 6.07) is 10.4. The molecular formula is C30H35N3O6S. The van der Waals surface area contributed by atoms with Crippen molar-refractivity contribution in [2.45, 2.75) is 53.0 Å². The quantitative estimate of drug-likeness (QED) is 0.396. The van der Waals surface area contributed by atoms with Crippen LogP contribution in [0.1, 0.15) is 62.5 Å². The number of ketones is 1. The zero-order valence-corrected chi connectivity index (χ0v) is 24.7. The van der Waals surface area contributed by atoms with Gasteiger partial charge >= 0.3 is 5.69 Å². The summed E-state index contributed by atoms with van der Waals surface area (Å²) in [5, 5.41) is 0. The molecule has 40 heavy (non-hydrogen) atoms. The first-order valence-corrected chi connectivity index (χ1v) is 14.8. The minimum atomic E-state index is -3.43. The minimum Gasteiger partial charge on any atom is -0.495 e. The number of allylic oxidation sites excluding steroid dienone is 1. The number of benzene rings is 2. The summed E-state index contributed by atoms with van der Waals surface area (Å²) in [5.74, 6) is 0.254. The van der Waals surface area contributed by atoms with E-state index in [1.165, 1.54) is 23.9 Å². The van der Waals surface area contributed by atoms with Gasteiger partial charge in [-0.05, 0) is 60.1 Å². The highest BCUT2D eigenvalue weighted by molar-refractivity contribution is 7.88. The van der Waals surface area contributed by atoms with E-state index in [1.54, 1.807) is 12.1 Å². The molecule has 0 radical (unpaired) electrons. The second-order valence-corrected chi connectivity index (χ2v) is 13.7. The third-order valence-corrected chi connectivity index (χ3v) is 7.60. The number of ether oxygens (including phenoxy) is 1. The van der Waals surface area contributed by atoms with Crippen LogP contribution in [0.15, 0.2) is 58.3 Å². The number of sulfonamides is 1. The Kier molecular flexibility index (Phi) is 7.55. The second kappa shape index (κ2) is 10.3. The first kappa shape index (κ1) is 29.2. The lowest BCUT2D eigenvalue weighted by Gasteiger charge is -2.28. The van der Waals surface area contributed by atoms with Gasteiger partial charge < -0.3 is 4.74 Å². The average molecular weight is 566 g/mol. The van der Waals surface area contributed by atoms with Gasteiger partial charge in [-0.25, -0.2) is 17.9 Å². The van der Waals surface area contributed by atoms with Crippen LogP contribution in [0.5, 0.6) is 5.75 Å². The van der Waals surface area contributed by atoms with Crippen LogP contribution in [0.3, 0.4) is 0 Å². The van der Waals surface area contributed by atoms with Crippen molar-refractivity contribution >= 4 is 21.4 Å². The van der Waals surface area contributed by atoms with Crippen molar-refractivity contribution in [2.75, 3.05) is 13.4 Å². The number of nitrogens with zero attached hydrogens (tertiary/aromatic N) is 1. The number of aromatic nitrogens is 2. The van der Waals surface area contributed by atoms with Crippen LogP contribution in [0.2, 0.25) is 0 Å². The van der Waals surface area contributed by atoms with Gasteiger partial charge in [-0.15, -0.1) is 0 Å². The standard InChI is InChI=1S/C30H35N3O6S/c1-29(2,3)17-25(34)23-16-20(33-13-12-26(35)31-28(33)36)15-22(27(23)39-6)19-8-10-21-18(14-19)9-11-24(21)30(4,5)32-40(7,37)38/h8,10-16,32H,9,17H2,1-7H3,(H,31,35,36). The van der Waals surface area contributed by atoms with Gasteiger partial charge in [-0.3, -0.25) is 19.1 Å². The van der Waals surface area contributed by atoms with Crippen LogP contribution < -0.4 is 20.7 Å². The molecular weight excluding hydrogens is 530 g/mol. The maximum absolute atomic E-state index is 13.5. The largest absolute Gasteiger partial charge is 0.495 e. The Morgan fingerprint density at radius 3 is 2.35 bits per heavy atom. The summed E-state index contributed by atoms with van der Waals surface area (Å²) in [6.45, 7) is 9.56. The molecule has 1 aliphatic rings. The maximum atomic E-state index is 13.5. The predicted octanol–water partition coefficient (Wildman–Crippen LogP) is 4.09. The summed E-state index contributed by atoms with van der Waals surface area (Å²) in [5.41, 5.74) is 2.69. The van der Waals surface area contributed by atoms with Crippen LogP contribution >= 0.6 is 0 Å². The lowest BCUT2D eigenvalue weighted by atomic mass is 9.86. The minimum absolute atomic E-state index is 0.136. The number of rotatable bonds is 8. The van der Waals surface area contributed by atoms with Gasteiger partial charge in [0, 0.05) is 24.2 Å². The lowest BCUT2D eigenvalue weighted by Crippen LogP contribution is -2.43. The highest BCUT2D eigenvalue weighted by Gasteiger charge is 2.32. The van der Waals surface area contributed by atoms with E-state index >= 15 is 0 Å². The summed E-state index contributed by atoms with van der Waals surface area (Å²) in [7, 11) is -1.93. The van der Waals surface area contributed by atoms with E-state index in [1.807, 2.05) is 58.9 Å². The van der Waals surface area contributed by atoms with Crippen LogP contribution in [0.4, 0.5) is 0 Å². The summed E-state index contributed by atoms with van der Waals surface area (Å²) in [6.07, 6.45) is 5.38. The van der Waals surface area contributed by atoms with Gasteiger partial charge in [0.25, 0.3) is 5.56 Å². The molecule has 0 unspecified atom stereocenters. The molecule has 10 heteroatoms. The Hall–Kier alpha value is -3.76. The average Bonchev–Trinajstić information content (AvgIpc) is 3.25. The van der Waals surface area contributed by atoms with Gasteiger partial charge in [0.15, 0.2) is 5.78 Å². The molecule has 0 atom stereocenters. The van der Waals surface area contributed by atoms with Gasteiger partial charge in [-0.1, -0.05) is 45.0 Å². The second-order valence-electron chi connectivity index (χ2n) is 11.9. The number of carbonyl (C=O) groups excluding carboxylic acids is 1. The Balaban J connectivity index is 1.89. The first-order valence-electron chi connectivity index (χ1n) is 12.9. The van der Waals surface area contributed by atoms with E-state index in [-0.39, 0.29) is 17.6 Å². The van der Waals surface area contributed by atoms with E-state index < -0.39 is 26.8 Å². The molecule has 1 aliphatic carbocycles. The van der Waals surface area contributed by atoms with Gasteiger partial charge in [0.05, 0.1) is 30.2 Å². The molecule has 1 heterocycles. The zero-order chi connectivity index (χ0) is 29.6. The van der Waals surface area contributed by atoms with E-state index in [9.17, 15) is 22.8 Å². The maximum Gasteiger partial charge on any atom is 0.332 e. The summed E-state index contributed by atoms with van der Waals surface area (Å²) in [4.78, 5) is 40.1. The highest BCUT2D eigenvalue weighted by Crippen LogP contribution is 2.41. The fourth-order valence-electron chi connectivity index (χ4n) is 5.22. The van der Waals surface area contributed by atoms with Crippen LogP contribution in [-0.2, 0) is 16.4 Å². The molecule has 2 N–H and O–H groups in total. The Morgan fingerprint density at radius 2 is 1.75 bits per heavy atom. The molecule has 9 nitrogen and oxygen atoms in total. The number of hydrogen-bond donors (Lipinski definition) is 2. The van der Waals surface area contributed by atoms with Crippen LogP contribution in [0, 0.1) is 5.41 Å². The topological polar surface area (TPSA) is 127 Å². The van der Waals surface area contributed by atoms with E-state index in [4.69, 9.17) is 4.74 Å². The monoisotopic (exact) mass is 565 g/mol. The Morgan fingerprint density at radius 1 is 1.05 bits per heavy atom. The number of fused-ring (bicyclic) bond motifs is 1. The normalized spacial score (nSPS) is 13.6. The smallest absolute Gasteiger partial charge is 0.332 e. The number of aromatic amines is 1. The van der Waals surface area contributed by atoms with Crippen LogP contribution in [-0.4, -0.2) is 42.7 Å².